The Morgan fingerprint density at radius 1 is 0.405 bits per heavy atom. The molecule has 0 aromatic heterocycles. The van der Waals surface area contributed by atoms with Crippen LogP contribution in [0.5, 0.6) is 0 Å². The molecular formula is C36H49Li. The Morgan fingerprint density at radius 3 is 1.00 bits per heavy atom. The molecule has 0 spiro atoms. The van der Waals surface area contributed by atoms with E-state index < -0.39 is 0 Å². The third-order valence-electron chi connectivity index (χ3n) is 7.57. The second-order valence-electron chi connectivity index (χ2n) is 12.5. The predicted molar refractivity (Wildman–Crippen MR) is 161 cm³/mol. The summed E-state index contributed by atoms with van der Waals surface area (Å²) in [6.45, 7) is 28.0. The summed E-state index contributed by atoms with van der Waals surface area (Å²) in [5.74, 6) is 2.94. The molecule has 0 aliphatic rings. The minimum atomic E-state index is 0. The maximum Gasteiger partial charge on any atom is 1.00 e. The van der Waals surface area contributed by atoms with E-state index in [-0.39, 0.29) is 18.9 Å². The largest absolute Gasteiger partial charge is 1.00 e. The average Bonchev–Trinajstić information content (AvgIpc) is 2.81. The van der Waals surface area contributed by atoms with Crippen LogP contribution < -0.4 is 18.9 Å². The molecule has 194 valence electrons. The number of hydrogen-bond acceptors (Lipinski definition) is 0. The first-order valence-electron chi connectivity index (χ1n) is 14.2. The summed E-state index contributed by atoms with van der Waals surface area (Å²) in [5, 5.41) is 0. The first-order valence-corrected chi connectivity index (χ1v) is 14.2. The predicted octanol–water partition coefficient (Wildman–Crippen LogP) is 8.57. The maximum absolute atomic E-state index is 3.90. The van der Waals surface area contributed by atoms with Gasteiger partial charge in [-0.1, -0.05) is 130 Å². The number of hydrogen-bond donors (Lipinski definition) is 0. The van der Waals surface area contributed by atoms with Crippen LogP contribution in [0.1, 0.15) is 152 Å². The molecule has 0 unspecified atom stereocenters. The van der Waals surface area contributed by atoms with Gasteiger partial charge in [-0.15, -0.1) is 35.4 Å². The molecule has 0 amide bonds. The summed E-state index contributed by atoms with van der Waals surface area (Å²) in [6.07, 6.45) is 0. The van der Waals surface area contributed by atoms with Crippen LogP contribution in [0.2, 0.25) is 0 Å². The van der Waals surface area contributed by atoms with Crippen molar-refractivity contribution in [1.29, 1.82) is 0 Å². The Hall–Kier alpha value is -1.74. The molecular weight excluding hydrogens is 439 g/mol. The summed E-state index contributed by atoms with van der Waals surface area (Å²) in [6, 6.07) is 20.1. The van der Waals surface area contributed by atoms with Crippen molar-refractivity contribution in [3.63, 3.8) is 0 Å². The molecule has 0 aliphatic heterocycles. The van der Waals surface area contributed by atoms with E-state index in [1.165, 1.54) is 55.6 Å². The van der Waals surface area contributed by atoms with Crippen LogP contribution in [0, 0.1) is 6.07 Å². The topological polar surface area (TPSA) is 0 Å². The van der Waals surface area contributed by atoms with Crippen LogP contribution in [-0.2, 0) is 0 Å². The molecule has 0 nitrogen and oxygen atoms in total. The Balaban J connectivity index is 0.00000481. The van der Waals surface area contributed by atoms with Gasteiger partial charge >= 0.3 is 18.9 Å². The Bertz CT molecular complexity index is 1100. The van der Waals surface area contributed by atoms with Crippen molar-refractivity contribution in [3.05, 3.63) is 81.9 Å². The normalized spacial score (nSPS) is 11.9. The maximum atomic E-state index is 3.90. The van der Waals surface area contributed by atoms with Gasteiger partial charge in [0, 0.05) is 0 Å². The molecule has 0 saturated heterocycles. The second kappa shape index (κ2) is 12.9. The summed E-state index contributed by atoms with van der Waals surface area (Å²) in [7, 11) is 0. The van der Waals surface area contributed by atoms with Crippen molar-refractivity contribution >= 4 is 0 Å². The summed E-state index contributed by atoms with van der Waals surface area (Å²) < 4.78 is 0. The quantitative estimate of drug-likeness (QED) is 0.220. The van der Waals surface area contributed by atoms with Crippen LogP contribution >= 0.6 is 0 Å². The monoisotopic (exact) mass is 488 g/mol. The van der Waals surface area contributed by atoms with Crippen LogP contribution in [0.25, 0.3) is 22.3 Å². The summed E-state index contributed by atoms with van der Waals surface area (Å²) >= 11 is 0. The van der Waals surface area contributed by atoms with Crippen molar-refractivity contribution in [2.24, 2.45) is 0 Å². The molecule has 37 heavy (non-hydrogen) atoms. The van der Waals surface area contributed by atoms with Gasteiger partial charge < -0.3 is 0 Å². The fraction of sp³-hybridized carbons (Fsp3) is 0.500. The molecule has 3 rings (SSSR count). The van der Waals surface area contributed by atoms with E-state index in [9.17, 15) is 0 Å². The van der Waals surface area contributed by atoms with Crippen molar-refractivity contribution in [2.75, 3.05) is 0 Å². The van der Waals surface area contributed by atoms with Crippen molar-refractivity contribution < 1.29 is 18.9 Å². The van der Waals surface area contributed by atoms with Gasteiger partial charge in [0.15, 0.2) is 0 Å². The van der Waals surface area contributed by atoms with E-state index >= 15 is 0 Å². The van der Waals surface area contributed by atoms with E-state index in [2.05, 4.69) is 132 Å². The van der Waals surface area contributed by atoms with Crippen molar-refractivity contribution in [2.45, 2.75) is 119 Å². The minimum absolute atomic E-state index is 0. The third kappa shape index (κ3) is 6.46. The Labute approximate surface area is 240 Å². The van der Waals surface area contributed by atoms with Crippen LogP contribution in [-0.4, -0.2) is 0 Å². The zero-order chi connectivity index (χ0) is 26.9. The van der Waals surface area contributed by atoms with E-state index in [0.29, 0.717) is 35.5 Å². The molecule has 0 heterocycles. The minimum Gasteiger partial charge on any atom is -0.129 e. The molecule has 3 aromatic rings. The molecule has 0 N–H and O–H groups in total. The number of benzene rings is 3. The molecule has 0 radical (unpaired) electrons. The van der Waals surface area contributed by atoms with Gasteiger partial charge in [0.25, 0.3) is 0 Å². The standard InChI is InChI=1S/C36H49.Li/c1-21(2)29-16-18-31(35(25(9)10)33(29)23(5)6)27-14-13-15-28(20-27)32-19-17-30(22(3)4)34(24(7)8)36(32)26(11)12;/h13-19,21-26H,1-12H3;/q-1;+1. The molecule has 0 atom stereocenters. The Kier molecular flexibility index (Phi) is 10.9. The van der Waals surface area contributed by atoms with Crippen molar-refractivity contribution in [3.8, 4) is 22.3 Å². The molecule has 0 saturated carbocycles. The molecule has 1 heteroatoms. The average molecular weight is 489 g/mol. The van der Waals surface area contributed by atoms with Gasteiger partial charge in [-0.3, -0.25) is 0 Å². The van der Waals surface area contributed by atoms with E-state index in [1.807, 2.05) is 0 Å². The van der Waals surface area contributed by atoms with Crippen molar-refractivity contribution in [1.82, 2.24) is 0 Å². The van der Waals surface area contributed by atoms with Gasteiger partial charge in [-0.05, 0) is 57.8 Å². The van der Waals surface area contributed by atoms with Crippen LogP contribution in [0.3, 0.4) is 0 Å². The second-order valence-corrected chi connectivity index (χ2v) is 12.5. The number of rotatable bonds is 8. The zero-order valence-electron chi connectivity index (χ0n) is 26.0. The van der Waals surface area contributed by atoms with E-state index in [0.717, 1.165) is 0 Å². The fourth-order valence-corrected chi connectivity index (χ4v) is 6.10. The van der Waals surface area contributed by atoms with E-state index in [1.54, 1.807) is 0 Å². The smallest absolute Gasteiger partial charge is 0.129 e. The fourth-order valence-electron chi connectivity index (χ4n) is 6.10. The van der Waals surface area contributed by atoms with Crippen LogP contribution in [0.4, 0.5) is 0 Å². The molecule has 0 fully saturated rings. The van der Waals surface area contributed by atoms with Gasteiger partial charge in [0.1, 0.15) is 0 Å². The molecule has 3 aromatic carbocycles. The van der Waals surface area contributed by atoms with Gasteiger partial charge in [0.05, 0.1) is 0 Å². The molecule has 0 bridgehead atoms. The Morgan fingerprint density at radius 2 is 0.730 bits per heavy atom. The van der Waals surface area contributed by atoms with Gasteiger partial charge in [-0.2, -0.15) is 0 Å². The summed E-state index contributed by atoms with van der Waals surface area (Å²) in [5.41, 5.74) is 14.1. The first-order chi connectivity index (χ1) is 16.9. The van der Waals surface area contributed by atoms with Gasteiger partial charge in [-0.25, -0.2) is 0 Å². The van der Waals surface area contributed by atoms with E-state index in [4.69, 9.17) is 0 Å². The zero-order valence-corrected chi connectivity index (χ0v) is 26.0. The first kappa shape index (κ1) is 31.5. The van der Waals surface area contributed by atoms with Gasteiger partial charge in [0.2, 0.25) is 0 Å². The van der Waals surface area contributed by atoms with Crippen LogP contribution in [0.15, 0.2) is 42.5 Å². The molecule has 0 aliphatic carbocycles. The SMILES string of the molecule is CC(C)c1ccc(-c2[c-]c(-c3ccc(C(C)C)c(C(C)C)c3C(C)C)ccc2)c(C(C)C)c1C(C)C.[Li+]. The summed E-state index contributed by atoms with van der Waals surface area (Å²) in [4.78, 5) is 0. The third-order valence-corrected chi connectivity index (χ3v) is 7.57.